The van der Waals surface area contributed by atoms with E-state index in [2.05, 4.69) is 10.1 Å². The molecule has 0 spiro atoms. The molecule has 1 aromatic heterocycles. The summed E-state index contributed by atoms with van der Waals surface area (Å²) in [4.78, 5) is 3.83. The highest BCUT2D eigenvalue weighted by atomic mass is 32.1. The monoisotopic (exact) mass is 271 g/mol. The van der Waals surface area contributed by atoms with Gasteiger partial charge in [-0.3, -0.25) is 9.78 Å². The smallest absolute Gasteiger partial charge is 0.213 e. The van der Waals surface area contributed by atoms with Crippen LogP contribution in [-0.4, -0.2) is 14.8 Å². The number of nitrogens with zero attached hydrogens (tertiary/aromatic N) is 2. The molecule has 94 valence electrons. The fourth-order valence-corrected chi connectivity index (χ4v) is 2.44. The molecule has 1 aromatic carbocycles. The van der Waals surface area contributed by atoms with Crippen LogP contribution in [0.15, 0.2) is 18.2 Å². The van der Waals surface area contributed by atoms with E-state index in [1.165, 1.54) is 4.68 Å². The van der Waals surface area contributed by atoms with E-state index < -0.39 is 23.8 Å². The van der Waals surface area contributed by atoms with E-state index in [0.29, 0.717) is 0 Å². The molecule has 1 aliphatic rings. The van der Waals surface area contributed by atoms with Gasteiger partial charge in [0.1, 0.15) is 11.6 Å². The van der Waals surface area contributed by atoms with Crippen molar-refractivity contribution in [3.8, 4) is 0 Å². The SMILES string of the molecule is Fc1ccc(F)c(C2CC(F)c3nc(=S)[nH]n32)c1. The van der Waals surface area contributed by atoms with E-state index in [1.807, 2.05) is 0 Å². The maximum atomic E-state index is 13.7. The molecule has 0 aliphatic carbocycles. The summed E-state index contributed by atoms with van der Waals surface area (Å²) in [7, 11) is 0. The number of rotatable bonds is 1. The van der Waals surface area contributed by atoms with Gasteiger partial charge in [0.2, 0.25) is 4.77 Å². The molecular weight excluding hydrogens is 263 g/mol. The molecule has 0 radical (unpaired) electrons. The number of nitrogens with one attached hydrogen (secondary N) is 1. The van der Waals surface area contributed by atoms with E-state index in [-0.39, 0.29) is 22.6 Å². The van der Waals surface area contributed by atoms with E-state index in [4.69, 9.17) is 12.2 Å². The summed E-state index contributed by atoms with van der Waals surface area (Å²) in [5.41, 5.74) is 0.0973. The number of aromatic nitrogens is 3. The minimum Gasteiger partial charge on any atom is -0.270 e. The molecule has 2 unspecified atom stereocenters. The summed E-state index contributed by atoms with van der Waals surface area (Å²) in [6.45, 7) is 0. The maximum Gasteiger partial charge on any atom is 0.213 e. The number of hydrogen-bond donors (Lipinski definition) is 1. The molecule has 7 heteroatoms. The Morgan fingerprint density at radius 1 is 1.39 bits per heavy atom. The van der Waals surface area contributed by atoms with Crippen molar-refractivity contribution in [3.05, 3.63) is 46.0 Å². The Kier molecular flexibility index (Phi) is 2.51. The van der Waals surface area contributed by atoms with Crippen LogP contribution in [0.1, 0.15) is 30.0 Å². The number of benzene rings is 1. The molecule has 2 atom stereocenters. The van der Waals surface area contributed by atoms with Gasteiger partial charge >= 0.3 is 0 Å². The number of aromatic amines is 1. The number of fused-ring (bicyclic) bond motifs is 1. The van der Waals surface area contributed by atoms with Gasteiger partial charge in [0.05, 0.1) is 6.04 Å². The quantitative estimate of drug-likeness (QED) is 0.808. The second-order valence-electron chi connectivity index (χ2n) is 4.14. The zero-order valence-corrected chi connectivity index (χ0v) is 9.85. The van der Waals surface area contributed by atoms with Gasteiger partial charge in [-0.25, -0.2) is 18.2 Å². The molecule has 1 N–H and O–H groups in total. The van der Waals surface area contributed by atoms with Crippen molar-refractivity contribution in [2.75, 3.05) is 0 Å². The third-order valence-corrected chi connectivity index (χ3v) is 3.20. The summed E-state index contributed by atoms with van der Waals surface area (Å²) in [5.74, 6) is -1.00. The minimum absolute atomic E-state index is 0.0226. The third kappa shape index (κ3) is 1.66. The van der Waals surface area contributed by atoms with Crippen molar-refractivity contribution < 1.29 is 13.2 Å². The molecule has 2 heterocycles. The topological polar surface area (TPSA) is 33.6 Å². The standard InChI is InChI=1S/C11H8F3N3S/c12-5-1-2-7(13)6(3-5)9-4-8(14)10-15-11(18)16-17(9)10/h1-3,8-9H,4H2,(H,16,18). The van der Waals surface area contributed by atoms with Crippen molar-refractivity contribution in [1.29, 1.82) is 0 Å². The Hall–Kier alpha value is -1.63. The predicted octanol–water partition coefficient (Wildman–Crippen LogP) is 3.22. The molecule has 0 bridgehead atoms. The first-order valence-electron chi connectivity index (χ1n) is 5.33. The van der Waals surface area contributed by atoms with Gasteiger partial charge in [0.25, 0.3) is 0 Å². The third-order valence-electron chi connectivity index (χ3n) is 3.02. The van der Waals surface area contributed by atoms with Gasteiger partial charge in [-0.15, -0.1) is 0 Å². The summed E-state index contributed by atoms with van der Waals surface area (Å²) in [6.07, 6.45) is -1.31. The average molecular weight is 271 g/mol. The Labute approximate surface area is 105 Å². The predicted molar refractivity (Wildman–Crippen MR) is 60.4 cm³/mol. The van der Waals surface area contributed by atoms with E-state index >= 15 is 0 Å². The van der Waals surface area contributed by atoms with Gasteiger partial charge in [-0.1, -0.05) is 0 Å². The van der Waals surface area contributed by atoms with Gasteiger partial charge in [0.15, 0.2) is 12.0 Å². The lowest BCUT2D eigenvalue weighted by atomic mass is 10.0. The molecule has 3 rings (SSSR count). The molecule has 0 amide bonds. The Morgan fingerprint density at radius 2 is 2.17 bits per heavy atom. The molecule has 2 aromatic rings. The van der Waals surface area contributed by atoms with Crippen LogP contribution in [0.2, 0.25) is 0 Å². The zero-order valence-electron chi connectivity index (χ0n) is 9.03. The minimum atomic E-state index is -1.33. The van der Waals surface area contributed by atoms with Crippen LogP contribution in [0.4, 0.5) is 13.2 Å². The molecule has 0 saturated heterocycles. The highest BCUT2D eigenvalue weighted by molar-refractivity contribution is 7.71. The molecule has 1 aliphatic heterocycles. The number of H-pyrrole nitrogens is 1. The Bertz CT molecular complexity index is 664. The van der Waals surface area contributed by atoms with Gasteiger partial charge < -0.3 is 0 Å². The Morgan fingerprint density at radius 3 is 2.94 bits per heavy atom. The van der Waals surface area contributed by atoms with Gasteiger partial charge in [-0.2, -0.15) is 0 Å². The number of halogens is 3. The van der Waals surface area contributed by atoms with Crippen LogP contribution in [0.5, 0.6) is 0 Å². The van der Waals surface area contributed by atoms with E-state index in [0.717, 1.165) is 18.2 Å². The summed E-state index contributed by atoms with van der Waals surface area (Å²) < 4.78 is 42.1. The first-order chi connectivity index (χ1) is 8.56. The summed E-state index contributed by atoms with van der Waals surface area (Å²) in [5, 5.41) is 2.67. The molecule has 18 heavy (non-hydrogen) atoms. The molecule has 0 saturated carbocycles. The fourth-order valence-electron chi connectivity index (χ4n) is 2.24. The maximum absolute atomic E-state index is 13.7. The second-order valence-corrected chi connectivity index (χ2v) is 4.53. The molecule has 0 fully saturated rings. The average Bonchev–Trinajstić information content (AvgIpc) is 2.82. The van der Waals surface area contributed by atoms with Crippen LogP contribution in [0.25, 0.3) is 0 Å². The number of alkyl halides is 1. The summed E-state index contributed by atoms with van der Waals surface area (Å²) in [6, 6.07) is 2.48. The first-order valence-corrected chi connectivity index (χ1v) is 5.74. The second kappa shape index (κ2) is 3.94. The zero-order chi connectivity index (χ0) is 12.9. The van der Waals surface area contributed by atoms with Gasteiger partial charge in [0, 0.05) is 12.0 Å². The summed E-state index contributed by atoms with van der Waals surface area (Å²) >= 11 is 4.81. The van der Waals surface area contributed by atoms with E-state index in [1.54, 1.807) is 0 Å². The van der Waals surface area contributed by atoms with Gasteiger partial charge in [-0.05, 0) is 30.4 Å². The van der Waals surface area contributed by atoms with Crippen LogP contribution in [0, 0.1) is 16.4 Å². The van der Waals surface area contributed by atoms with Crippen molar-refractivity contribution in [2.24, 2.45) is 0 Å². The van der Waals surface area contributed by atoms with Crippen molar-refractivity contribution >= 4 is 12.2 Å². The molecule has 3 nitrogen and oxygen atoms in total. The lowest BCUT2D eigenvalue weighted by Gasteiger charge is -2.13. The van der Waals surface area contributed by atoms with Crippen LogP contribution in [-0.2, 0) is 0 Å². The van der Waals surface area contributed by atoms with Crippen molar-refractivity contribution in [3.63, 3.8) is 0 Å². The fraction of sp³-hybridized carbons (Fsp3) is 0.273. The highest BCUT2D eigenvalue weighted by Gasteiger charge is 2.35. The molecular formula is C11H8F3N3S. The normalized spacial score (nSPS) is 22.2. The largest absolute Gasteiger partial charge is 0.270 e. The van der Waals surface area contributed by atoms with Crippen molar-refractivity contribution in [1.82, 2.24) is 14.8 Å². The first kappa shape index (κ1) is 11.5. The Balaban J connectivity index is 2.14. The van der Waals surface area contributed by atoms with E-state index in [9.17, 15) is 13.2 Å². The lowest BCUT2D eigenvalue weighted by Crippen LogP contribution is -2.09. The lowest BCUT2D eigenvalue weighted by molar-refractivity contribution is 0.326. The van der Waals surface area contributed by atoms with Crippen LogP contribution >= 0.6 is 12.2 Å². The van der Waals surface area contributed by atoms with Crippen LogP contribution in [0.3, 0.4) is 0 Å². The van der Waals surface area contributed by atoms with Crippen LogP contribution < -0.4 is 0 Å². The highest BCUT2D eigenvalue weighted by Crippen LogP contribution is 2.39. The number of hydrogen-bond acceptors (Lipinski definition) is 2. The van der Waals surface area contributed by atoms with Crippen molar-refractivity contribution in [2.45, 2.75) is 18.6 Å².